The maximum atomic E-state index is 11.0. The van der Waals surface area contributed by atoms with Crippen molar-refractivity contribution in [3.8, 4) is 0 Å². The van der Waals surface area contributed by atoms with Gasteiger partial charge in [-0.25, -0.2) is 0 Å². The average molecular weight is 281 g/mol. The van der Waals surface area contributed by atoms with E-state index in [0.29, 0.717) is 10.6 Å². The standard InChI is InChI=1S/C15H21ClN2O/c1-10-3-2-4-12(10)8-18-9-13-6-5-11(15(17)19)7-14(13)16/h5-7,10,12,18H,2-4,8-9H2,1H3,(H2,17,19). The van der Waals surface area contributed by atoms with Crippen LogP contribution in [-0.4, -0.2) is 12.5 Å². The molecular weight excluding hydrogens is 260 g/mol. The largest absolute Gasteiger partial charge is 0.366 e. The van der Waals surface area contributed by atoms with Crippen molar-refractivity contribution < 1.29 is 4.79 Å². The van der Waals surface area contributed by atoms with E-state index in [-0.39, 0.29) is 0 Å². The molecule has 2 atom stereocenters. The van der Waals surface area contributed by atoms with E-state index in [2.05, 4.69) is 12.2 Å². The molecule has 3 nitrogen and oxygen atoms in total. The van der Waals surface area contributed by atoms with E-state index in [9.17, 15) is 4.79 Å². The second-order valence-corrected chi connectivity index (χ2v) is 5.88. The molecule has 1 fully saturated rings. The molecule has 1 aliphatic carbocycles. The minimum atomic E-state index is -0.443. The second-order valence-electron chi connectivity index (χ2n) is 5.47. The van der Waals surface area contributed by atoms with Crippen molar-refractivity contribution in [1.29, 1.82) is 0 Å². The van der Waals surface area contributed by atoms with Gasteiger partial charge in [-0.15, -0.1) is 0 Å². The molecule has 0 saturated heterocycles. The first-order chi connectivity index (χ1) is 9.08. The molecule has 4 heteroatoms. The predicted octanol–water partition coefficient (Wildman–Crippen LogP) is 2.96. The molecule has 1 aromatic carbocycles. The van der Waals surface area contributed by atoms with Gasteiger partial charge in [0.05, 0.1) is 0 Å². The van der Waals surface area contributed by atoms with Gasteiger partial charge in [0.2, 0.25) is 5.91 Å². The molecular formula is C15H21ClN2O. The highest BCUT2D eigenvalue weighted by Crippen LogP contribution is 2.30. The molecule has 104 valence electrons. The third-order valence-corrected chi connectivity index (χ3v) is 4.45. The minimum absolute atomic E-state index is 0.443. The molecule has 0 radical (unpaired) electrons. The summed E-state index contributed by atoms with van der Waals surface area (Å²) in [6.07, 6.45) is 4.02. The molecule has 2 unspecified atom stereocenters. The number of amides is 1. The topological polar surface area (TPSA) is 55.1 Å². The first-order valence-corrected chi connectivity index (χ1v) is 7.24. The minimum Gasteiger partial charge on any atom is -0.366 e. The zero-order valence-corrected chi connectivity index (χ0v) is 12.0. The molecule has 1 aliphatic rings. The van der Waals surface area contributed by atoms with Gasteiger partial charge in [-0.3, -0.25) is 4.79 Å². The normalized spacial score (nSPS) is 22.6. The van der Waals surface area contributed by atoms with Crippen LogP contribution < -0.4 is 11.1 Å². The number of carbonyl (C=O) groups excluding carboxylic acids is 1. The summed E-state index contributed by atoms with van der Waals surface area (Å²) in [6.45, 7) is 4.10. The zero-order chi connectivity index (χ0) is 13.8. The third-order valence-electron chi connectivity index (χ3n) is 4.10. The summed E-state index contributed by atoms with van der Waals surface area (Å²) in [5.41, 5.74) is 6.69. The summed E-state index contributed by atoms with van der Waals surface area (Å²) in [4.78, 5) is 11.0. The quantitative estimate of drug-likeness (QED) is 0.871. The van der Waals surface area contributed by atoms with Gasteiger partial charge >= 0.3 is 0 Å². The smallest absolute Gasteiger partial charge is 0.248 e. The van der Waals surface area contributed by atoms with E-state index in [4.69, 9.17) is 17.3 Å². The van der Waals surface area contributed by atoms with Crippen molar-refractivity contribution in [2.45, 2.75) is 32.7 Å². The van der Waals surface area contributed by atoms with Crippen molar-refractivity contribution >= 4 is 17.5 Å². The van der Waals surface area contributed by atoms with Crippen LogP contribution in [0.1, 0.15) is 42.1 Å². The Labute approximate surface area is 119 Å². The van der Waals surface area contributed by atoms with Gasteiger partial charge in [-0.1, -0.05) is 37.4 Å². The third kappa shape index (κ3) is 3.71. The fourth-order valence-electron chi connectivity index (χ4n) is 2.76. The van der Waals surface area contributed by atoms with Gasteiger partial charge in [0.15, 0.2) is 0 Å². The van der Waals surface area contributed by atoms with Crippen LogP contribution in [0.3, 0.4) is 0 Å². The van der Waals surface area contributed by atoms with Crippen molar-refractivity contribution in [3.63, 3.8) is 0 Å². The van der Waals surface area contributed by atoms with Gasteiger partial charge in [0.25, 0.3) is 0 Å². The molecule has 1 saturated carbocycles. The van der Waals surface area contributed by atoms with Crippen LogP contribution in [0, 0.1) is 11.8 Å². The Bertz CT molecular complexity index is 461. The fourth-order valence-corrected chi connectivity index (χ4v) is 3.01. The maximum absolute atomic E-state index is 11.0. The van der Waals surface area contributed by atoms with E-state index in [1.165, 1.54) is 19.3 Å². The van der Waals surface area contributed by atoms with Gasteiger partial charge in [-0.2, -0.15) is 0 Å². The lowest BCUT2D eigenvalue weighted by Gasteiger charge is -2.16. The van der Waals surface area contributed by atoms with Crippen LogP contribution in [0.2, 0.25) is 5.02 Å². The molecule has 0 spiro atoms. The molecule has 0 heterocycles. The first-order valence-electron chi connectivity index (χ1n) is 6.87. The number of benzene rings is 1. The molecule has 0 bridgehead atoms. The average Bonchev–Trinajstić information content (AvgIpc) is 2.77. The van der Waals surface area contributed by atoms with E-state index < -0.39 is 5.91 Å². The van der Waals surface area contributed by atoms with Gasteiger partial charge in [-0.05, 0) is 42.5 Å². The Kier molecular flexibility index (Phi) is 4.83. The summed E-state index contributed by atoms with van der Waals surface area (Å²) in [6, 6.07) is 5.23. The lowest BCUT2D eigenvalue weighted by molar-refractivity contribution is 0.100. The number of carbonyl (C=O) groups is 1. The SMILES string of the molecule is CC1CCCC1CNCc1ccc(C(N)=O)cc1Cl. The van der Waals surface area contributed by atoms with Crippen molar-refractivity contribution in [1.82, 2.24) is 5.32 Å². The Balaban J connectivity index is 1.87. The van der Waals surface area contributed by atoms with E-state index in [1.807, 2.05) is 6.07 Å². The number of halogens is 1. The molecule has 0 aromatic heterocycles. The Morgan fingerprint density at radius 2 is 2.26 bits per heavy atom. The van der Waals surface area contributed by atoms with Crippen LogP contribution >= 0.6 is 11.6 Å². The van der Waals surface area contributed by atoms with Crippen molar-refractivity contribution in [2.24, 2.45) is 17.6 Å². The Hall–Kier alpha value is -1.06. The molecule has 1 amide bonds. The first kappa shape index (κ1) is 14.4. The molecule has 0 aliphatic heterocycles. The highest BCUT2D eigenvalue weighted by molar-refractivity contribution is 6.31. The van der Waals surface area contributed by atoms with E-state index in [0.717, 1.165) is 30.5 Å². The lowest BCUT2D eigenvalue weighted by atomic mass is 9.98. The molecule has 3 N–H and O–H groups in total. The number of hydrogen-bond acceptors (Lipinski definition) is 2. The van der Waals surface area contributed by atoms with Crippen LogP contribution in [0.5, 0.6) is 0 Å². The van der Waals surface area contributed by atoms with Gasteiger partial charge in [0, 0.05) is 17.1 Å². The zero-order valence-electron chi connectivity index (χ0n) is 11.3. The number of nitrogens with two attached hydrogens (primary N) is 1. The van der Waals surface area contributed by atoms with Crippen LogP contribution in [0.15, 0.2) is 18.2 Å². The van der Waals surface area contributed by atoms with Crippen LogP contribution in [0.4, 0.5) is 0 Å². The molecule has 19 heavy (non-hydrogen) atoms. The summed E-state index contributed by atoms with van der Waals surface area (Å²) in [5.74, 6) is 1.16. The van der Waals surface area contributed by atoms with E-state index in [1.54, 1.807) is 12.1 Å². The summed E-state index contributed by atoms with van der Waals surface area (Å²) in [7, 11) is 0. The van der Waals surface area contributed by atoms with Gasteiger partial charge < -0.3 is 11.1 Å². The van der Waals surface area contributed by atoms with Crippen LogP contribution in [-0.2, 0) is 6.54 Å². The van der Waals surface area contributed by atoms with E-state index >= 15 is 0 Å². The monoisotopic (exact) mass is 280 g/mol. The molecule has 2 rings (SSSR count). The maximum Gasteiger partial charge on any atom is 0.248 e. The number of nitrogens with one attached hydrogen (secondary N) is 1. The summed E-state index contributed by atoms with van der Waals surface area (Å²) >= 11 is 6.15. The highest BCUT2D eigenvalue weighted by Gasteiger charge is 2.22. The summed E-state index contributed by atoms with van der Waals surface area (Å²) < 4.78 is 0. The van der Waals surface area contributed by atoms with Crippen molar-refractivity contribution in [2.75, 3.05) is 6.54 Å². The fraction of sp³-hybridized carbons (Fsp3) is 0.533. The Morgan fingerprint density at radius 1 is 1.47 bits per heavy atom. The number of rotatable bonds is 5. The van der Waals surface area contributed by atoms with Crippen molar-refractivity contribution in [3.05, 3.63) is 34.3 Å². The predicted molar refractivity (Wildman–Crippen MR) is 78.2 cm³/mol. The highest BCUT2D eigenvalue weighted by atomic mass is 35.5. The molecule has 1 aromatic rings. The van der Waals surface area contributed by atoms with Gasteiger partial charge in [0.1, 0.15) is 0 Å². The Morgan fingerprint density at radius 3 is 2.84 bits per heavy atom. The lowest BCUT2D eigenvalue weighted by Crippen LogP contribution is -2.24. The summed E-state index contributed by atoms with van der Waals surface area (Å²) in [5, 5.41) is 4.06. The second kappa shape index (κ2) is 6.40. The number of hydrogen-bond donors (Lipinski definition) is 2. The number of primary amides is 1. The van der Waals surface area contributed by atoms with Crippen LogP contribution in [0.25, 0.3) is 0 Å².